The Morgan fingerprint density at radius 1 is 1.14 bits per heavy atom. The zero-order chi connectivity index (χ0) is 25.3. The Morgan fingerprint density at radius 3 is 2.57 bits per heavy atom. The van der Waals surface area contributed by atoms with E-state index in [2.05, 4.69) is 30.5 Å². The lowest BCUT2D eigenvalue weighted by molar-refractivity contribution is 0.0972. The number of hydrogen-bond acceptors (Lipinski definition) is 7. The first kappa shape index (κ1) is 24.1. The fraction of sp³-hybridized carbons (Fsp3) is 0.333. The van der Waals surface area contributed by atoms with Crippen molar-refractivity contribution in [3.05, 3.63) is 65.5 Å². The average molecular weight is 481 g/mol. The zero-order valence-corrected chi connectivity index (χ0v) is 20.2. The molecule has 9 nitrogen and oxygen atoms in total. The highest BCUT2D eigenvalue weighted by Gasteiger charge is 2.23. The highest BCUT2D eigenvalue weighted by atomic mass is 19.1. The van der Waals surface area contributed by atoms with Crippen LogP contribution in [-0.2, 0) is 19.0 Å². The number of rotatable bonds is 7. The number of carbonyl (C=O) groups is 1. The molecule has 1 N–H and O–H groups in total. The van der Waals surface area contributed by atoms with Crippen LogP contribution in [0.3, 0.4) is 0 Å². The first-order chi connectivity index (χ1) is 16.5. The summed E-state index contributed by atoms with van der Waals surface area (Å²) < 4.78 is 32.6. The molecule has 182 valence electrons. The van der Waals surface area contributed by atoms with E-state index in [1.165, 1.54) is 17.2 Å². The van der Waals surface area contributed by atoms with E-state index in [1.807, 2.05) is 20.8 Å². The van der Waals surface area contributed by atoms with E-state index >= 15 is 4.39 Å². The van der Waals surface area contributed by atoms with E-state index in [0.29, 0.717) is 16.8 Å². The molecule has 0 aliphatic heterocycles. The average Bonchev–Trinajstić information content (AvgIpc) is 3.40. The number of nitrogens with one attached hydrogen (secondary N) is 1. The Kier molecular flexibility index (Phi) is 6.42. The molecule has 0 fully saturated rings. The van der Waals surface area contributed by atoms with Crippen LogP contribution in [0.5, 0.6) is 0 Å². The first-order valence-corrected chi connectivity index (χ1v) is 11.0. The molecule has 0 saturated heterocycles. The lowest BCUT2D eigenvalue weighted by atomic mass is 9.98. The fourth-order valence-corrected chi connectivity index (χ4v) is 3.52. The van der Waals surface area contributed by atoms with Crippen LogP contribution in [0.2, 0.25) is 0 Å². The lowest BCUT2D eigenvalue weighted by Gasteiger charge is -2.18. The SMILES string of the molecule is Cc1c(CCC(=O)c2nn(C(C)(C)C)cc2F)ccc(-c2ncnc(Nc3cnn(C)c3)n2)c1F. The molecule has 3 aromatic heterocycles. The number of ketones is 1. The summed E-state index contributed by atoms with van der Waals surface area (Å²) in [5, 5.41) is 11.2. The van der Waals surface area contributed by atoms with Gasteiger partial charge in [-0.25, -0.2) is 18.7 Å². The van der Waals surface area contributed by atoms with Gasteiger partial charge in [0.2, 0.25) is 5.95 Å². The summed E-state index contributed by atoms with van der Waals surface area (Å²) in [5.41, 5.74) is 1.26. The number of carbonyl (C=O) groups excluding carboxylic acids is 1. The van der Waals surface area contributed by atoms with Crippen LogP contribution >= 0.6 is 0 Å². The van der Waals surface area contributed by atoms with Gasteiger partial charge in [-0.1, -0.05) is 6.07 Å². The molecular weight excluding hydrogens is 454 g/mol. The van der Waals surface area contributed by atoms with Gasteiger partial charge in [0.1, 0.15) is 12.1 Å². The largest absolute Gasteiger partial charge is 0.321 e. The Morgan fingerprint density at radius 2 is 1.91 bits per heavy atom. The van der Waals surface area contributed by atoms with Gasteiger partial charge in [-0.3, -0.25) is 14.2 Å². The van der Waals surface area contributed by atoms with Gasteiger partial charge in [0.15, 0.2) is 23.1 Å². The van der Waals surface area contributed by atoms with E-state index in [0.717, 1.165) is 0 Å². The second-order valence-electron chi connectivity index (χ2n) is 9.24. The molecule has 0 atom stereocenters. The Hall–Kier alpha value is -4.02. The summed E-state index contributed by atoms with van der Waals surface area (Å²) in [5.74, 6) is -1.15. The van der Waals surface area contributed by atoms with Crippen molar-refractivity contribution in [1.82, 2.24) is 34.5 Å². The van der Waals surface area contributed by atoms with Crippen molar-refractivity contribution in [3.8, 4) is 11.4 Å². The molecule has 0 unspecified atom stereocenters. The van der Waals surface area contributed by atoms with Crippen LogP contribution in [0.15, 0.2) is 37.1 Å². The molecule has 0 saturated carbocycles. The van der Waals surface area contributed by atoms with Gasteiger partial charge in [0.25, 0.3) is 0 Å². The summed E-state index contributed by atoms with van der Waals surface area (Å²) in [7, 11) is 1.78. The van der Waals surface area contributed by atoms with Crippen molar-refractivity contribution in [3.63, 3.8) is 0 Å². The van der Waals surface area contributed by atoms with Gasteiger partial charge < -0.3 is 5.32 Å². The standard InChI is InChI=1S/C24H26F2N8O/c1-14-15(7-9-19(35)21-18(25)12-34(32-21)24(2,3)4)6-8-17(20(14)26)22-27-13-28-23(31-22)30-16-10-29-33(5)11-16/h6,8,10-13H,7,9H2,1-5H3,(H,27,28,30,31). The number of halogens is 2. The lowest BCUT2D eigenvalue weighted by Crippen LogP contribution is -2.22. The molecule has 0 amide bonds. The summed E-state index contributed by atoms with van der Waals surface area (Å²) in [6.07, 6.45) is 6.14. The smallest absolute Gasteiger partial charge is 0.230 e. The van der Waals surface area contributed by atoms with E-state index < -0.39 is 23.0 Å². The van der Waals surface area contributed by atoms with Gasteiger partial charge in [-0.15, -0.1) is 0 Å². The van der Waals surface area contributed by atoms with Crippen LogP contribution in [-0.4, -0.2) is 40.3 Å². The minimum atomic E-state index is -0.659. The molecule has 35 heavy (non-hydrogen) atoms. The minimum absolute atomic E-state index is 0.00262. The maximum atomic E-state index is 15.3. The number of aryl methyl sites for hydroxylation is 2. The van der Waals surface area contributed by atoms with Gasteiger partial charge >= 0.3 is 0 Å². The van der Waals surface area contributed by atoms with Crippen LogP contribution in [0, 0.1) is 18.6 Å². The molecule has 0 spiro atoms. The first-order valence-electron chi connectivity index (χ1n) is 11.0. The third-order valence-electron chi connectivity index (χ3n) is 5.51. The molecule has 0 radical (unpaired) electrons. The molecule has 0 bridgehead atoms. The molecule has 0 aliphatic rings. The molecular formula is C24H26F2N8O. The summed E-state index contributed by atoms with van der Waals surface area (Å²) >= 11 is 0. The maximum absolute atomic E-state index is 15.3. The summed E-state index contributed by atoms with van der Waals surface area (Å²) in [6, 6.07) is 3.30. The van der Waals surface area contributed by atoms with Gasteiger partial charge in [0.05, 0.1) is 29.2 Å². The Bertz CT molecular complexity index is 1390. The quantitative estimate of drug-likeness (QED) is 0.392. The van der Waals surface area contributed by atoms with Crippen molar-refractivity contribution in [2.24, 2.45) is 7.05 Å². The van der Waals surface area contributed by atoms with Crippen molar-refractivity contribution in [1.29, 1.82) is 0 Å². The van der Waals surface area contributed by atoms with Crippen molar-refractivity contribution in [2.45, 2.75) is 46.1 Å². The summed E-state index contributed by atoms with van der Waals surface area (Å²) in [4.78, 5) is 25.1. The Labute approximate surface area is 201 Å². The predicted molar refractivity (Wildman–Crippen MR) is 126 cm³/mol. The third kappa shape index (κ3) is 5.23. The topological polar surface area (TPSA) is 103 Å². The van der Waals surface area contributed by atoms with Crippen molar-refractivity contribution in [2.75, 3.05) is 5.32 Å². The van der Waals surface area contributed by atoms with Crippen molar-refractivity contribution >= 4 is 17.4 Å². The monoisotopic (exact) mass is 480 g/mol. The number of Topliss-reactive ketones (excluding diaryl/α,β-unsaturated/α-hetero) is 1. The molecule has 4 aromatic rings. The number of hydrogen-bond donors (Lipinski definition) is 1. The van der Waals surface area contributed by atoms with Crippen molar-refractivity contribution < 1.29 is 13.6 Å². The second kappa shape index (κ2) is 9.32. The normalized spacial score (nSPS) is 11.6. The van der Waals surface area contributed by atoms with Gasteiger partial charge in [-0.2, -0.15) is 15.2 Å². The predicted octanol–water partition coefficient (Wildman–Crippen LogP) is 4.37. The molecule has 0 aliphatic carbocycles. The Balaban J connectivity index is 1.50. The van der Waals surface area contributed by atoms with E-state index in [1.54, 1.807) is 43.2 Å². The van der Waals surface area contributed by atoms with Gasteiger partial charge in [0, 0.05) is 19.7 Å². The minimum Gasteiger partial charge on any atom is -0.321 e. The van der Waals surface area contributed by atoms with Gasteiger partial charge in [-0.05, 0) is 51.3 Å². The van der Waals surface area contributed by atoms with Crippen LogP contribution in [0.1, 0.15) is 48.8 Å². The molecule has 1 aromatic carbocycles. The van der Waals surface area contributed by atoms with E-state index in [9.17, 15) is 9.18 Å². The molecule has 11 heteroatoms. The number of benzene rings is 1. The second-order valence-corrected chi connectivity index (χ2v) is 9.24. The zero-order valence-electron chi connectivity index (χ0n) is 20.2. The summed E-state index contributed by atoms with van der Waals surface area (Å²) in [6.45, 7) is 7.23. The maximum Gasteiger partial charge on any atom is 0.230 e. The van der Waals surface area contributed by atoms with Crippen LogP contribution in [0.25, 0.3) is 11.4 Å². The number of aromatic nitrogens is 7. The van der Waals surface area contributed by atoms with E-state index in [4.69, 9.17) is 0 Å². The van der Waals surface area contributed by atoms with E-state index in [-0.39, 0.29) is 35.9 Å². The highest BCUT2D eigenvalue weighted by molar-refractivity contribution is 5.94. The number of nitrogens with zero attached hydrogens (tertiary/aromatic N) is 7. The fourth-order valence-electron chi connectivity index (χ4n) is 3.52. The number of anilines is 2. The highest BCUT2D eigenvalue weighted by Crippen LogP contribution is 2.26. The molecule has 3 heterocycles. The molecule has 4 rings (SSSR count). The third-order valence-corrected chi connectivity index (χ3v) is 5.51. The van der Waals surface area contributed by atoms with Crippen LogP contribution in [0.4, 0.5) is 20.4 Å². The van der Waals surface area contributed by atoms with Crippen LogP contribution < -0.4 is 5.32 Å².